The second-order valence-corrected chi connectivity index (χ2v) is 5.48. The van der Waals surface area contributed by atoms with E-state index in [0.717, 1.165) is 24.6 Å². The third kappa shape index (κ3) is 2.83. The number of nitrogens with zero attached hydrogens (tertiary/aromatic N) is 2. The number of anilines is 1. The minimum Gasteiger partial charge on any atom is -0.355 e. The third-order valence-corrected chi connectivity index (χ3v) is 3.69. The number of hydrogen-bond acceptors (Lipinski definition) is 3. The molecular formula is C17H21N3. The maximum absolute atomic E-state index is 4.83. The maximum Gasteiger partial charge on any atom is 0.136 e. The molecule has 1 heterocycles. The Morgan fingerprint density at radius 1 is 1.40 bits per heavy atom. The molecule has 1 saturated carbocycles. The Balaban J connectivity index is 1.96. The molecular weight excluding hydrogens is 246 g/mol. The summed E-state index contributed by atoms with van der Waals surface area (Å²) < 4.78 is 0. The highest BCUT2D eigenvalue weighted by atomic mass is 15.2. The van der Waals surface area contributed by atoms with E-state index in [4.69, 9.17) is 4.98 Å². The molecule has 1 aliphatic rings. The van der Waals surface area contributed by atoms with Crippen LogP contribution in [0.25, 0.3) is 10.8 Å². The summed E-state index contributed by atoms with van der Waals surface area (Å²) in [6.07, 6.45) is 4.51. The van der Waals surface area contributed by atoms with Gasteiger partial charge in [0.15, 0.2) is 0 Å². The van der Waals surface area contributed by atoms with Crippen LogP contribution in [0.1, 0.15) is 18.5 Å². The van der Waals surface area contributed by atoms with Crippen LogP contribution in [0.2, 0.25) is 0 Å². The van der Waals surface area contributed by atoms with Crippen LogP contribution < -0.4 is 10.2 Å². The molecule has 0 atom stereocenters. The van der Waals surface area contributed by atoms with E-state index in [1.165, 1.54) is 23.6 Å². The predicted octanol–water partition coefficient (Wildman–Crippen LogP) is 3.11. The number of likely N-dealkylation sites (N-methyl/N-ethyl adjacent to an activating group) is 1. The minimum atomic E-state index is 0.706. The van der Waals surface area contributed by atoms with Gasteiger partial charge in [0, 0.05) is 31.6 Å². The van der Waals surface area contributed by atoms with Gasteiger partial charge in [-0.1, -0.05) is 30.3 Å². The molecule has 1 aromatic heterocycles. The third-order valence-electron chi connectivity index (χ3n) is 3.69. The molecule has 0 spiro atoms. The molecule has 0 amide bonds. The van der Waals surface area contributed by atoms with Crippen molar-refractivity contribution in [1.82, 2.24) is 10.3 Å². The molecule has 1 aromatic carbocycles. The van der Waals surface area contributed by atoms with Crippen molar-refractivity contribution in [3.05, 3.63) is 48.7 Å². The Kier molecular flexibility index (Phi) is 3.70. The molecule has 0 saturated heterocycles. The van der Waals surface area contributed by atoms with Gasteiger partial charge in [-0.3, -0.25) is 0 Å². The zero-order valence-electron chi connectivity index (χ0n) is 12.0. The highest BCUT2D eigenvalue weighted by molar-refractivity contribution is 5.92. The highest BCUT2D eigenvalue weighted by Gasteiger charge is 2.20. The molecule has 1 aliphatic carbocycles. The minimum absolute atomic E-state index is 0.706. The molecule has 3 heteroatoms. The Labute approximate surface area is 120 Å². The second-order valence-electron chi connectivity index (χ2n) is 5.48. The van der Waals surface area contributed by atoms with E-state index in [9.17, 15) is 0 Å². The predicted molar refractivity (Wildman–Crippen MR) is 85.1 cm³/mol. The fourth-order valence-electron chi connectivity index (χ4n) is 2.43. The molecule has 0 aliphatic heterocycles. The van der Waals surface area contributed by atoms with Crippen molar-refractivity contribution < 1.29 is 0 Å². The first kappa shape index (κ1) is 13.1. The summed E-state index contributed by atoms with van der Waals surface area (Å²) in [6.45, 7) is 5.47. The van der Waals surface area contributed by atoms with Gasteiger partial charge in [-0.15, -0.1) is 6.58 Å². The van der Waals surface area contributed by atoms with Gasteiger partial charge in [-0.05, 0) is 24.3 Å². The largest absolute Gasteiger partial charge is 0.355 e. The summed E-state index contributed by atoms with van der Waals surface area (Å²) in [7, 11) is 2.06. The van der Waals surface area contributed by atoms with Crippen molar-refractivity contribution in [3.63, 3.8) is 0 Å². The van der Waals surface area contributed by atoms with Crippen LogP contribution in [-0.4, -0.2) is 24.6 Å². The maximum atomic E-state index is 4.83. The Morgan fingerprint density at radius 3 is 2.95 bits per heavy atom. The van der Waals surface area contributed by atoms with Crippen molar-refractivity contribution in [3.8, 4) is 0 Å². The number of nitrogens with one attached hydrogen (secondary N) is 1. The van der Waals surface area contributed by atoms with Gasteiger partial charge >= 0.3 is 0 Å². The number of fused-ring (bicyclic) bond motifs is 1. The molecule has 3 rings (SSSR count). The molecule has 0 bridgehead atoms. The fourth-order valence-corrected chi connectivity index (χ4v) is 2.43. The van der Waals surface area contributed by atoms with E-state index >= 15 is 0 Å². The topological polar surface area (TPSA) is 28.2 Å². The van der Waals surface area contributed by atoms with Crippen LogP contribution in [0.15, 0.2) is 43.0 Å². The zero-order chi connectivity index (χ0) is 13.9. The molecule has 3 nitrogen and oxygen atoms in total. The fraction of sp³-hybridized carbons (Fsp3) is 0.353. The lowest BCUT2D eigenvalue weighted by Crippen LogP contribution is -2.21. The first-order valence-corrected chi connectivity index (χ1v) is 7.22. The number of aromatic nitrogens is 1. The van der Waals surface area contributed by atoms with E-state index in [-0.39, 0.29) is 0 Å². The summed E-state index contributed by atoms with van der Waals surface area (Å²) in [5.41, 5.74) is 1.11. The lowest BCUT2D eigenvalue weighted by molar-refractivity contribution is 0.675. The van der Waals surface area contributed by atoms with Crippen LogP contribution in [0, 0.1) is 0 Å². The Bertz CT molecular complexity index is 617. The molecule has 0 radical (unpaired) electrons. The molecule has 104 valence electrons. The summed E-state index contributed by atoms with van der Waals surface area (Å²) in [5, 5.41) is 5.99. The van der Waals surface area contributed by atoms with Gasteiger partial charge in [-0.25, -0.2) is 4.98 Å². The van der Waals surface area contributed by atoms with Gasteiger partial charge in [0.25, 0.3) is 0 Å². The van der Waals surface area contributed by atoms with Crippen LogP contribution in [-0.2, 0) is 6.54 Å². The van der Waals surface area contributed by atoms with Crippen molar-refractivity contribution in [2.45, 2.75) is 25.4 Å². The molecule has 1 N–H and O–H groups in total. The van der Waals surface area contributed by atoms with Crippen molar-refractivity contribution in [1.29, 1.82) is 0 Å². The summed E-state index contributed by atoms with van der Waals surface area (Å²) >= 11 is 0. The van der Waals surface area contributed by atoms with Crippen LogP contribution in [0.5, 0.6) is 0 Å². The molecule has 1 fully saturated rings. The summed E-state index contributed by atoms with van der Waals surface area (Å²) in [6, 6.07) is 11.3. The average Bonchev–Trinajstić information content (AvgIpc) is 3.28. The first-order chi connectivity index (χ1) is 9.78. The van der Waals surface area contributed by atoms with Crippen molar-refractivity contribution >= 4 is 16.6 Å². The zero-order valence-corrected chi connectivity index (χ0v) is 12.0. The van der Waals surface area contributed by atoms with E-state index in [0.29, 0.717) is 6.04 Å². The normalized spacial score (nSPS) is 14.4. The number of hydrogen-bond donors (Lipinski definition) is 1. The summed E-state index contributed by atoms with van der Waals surface area (Å²) in [4.78, 5) is 6.98. The molecule has 20 heavy (non-hydrogen) atoms. The molecule has 2 aromatic rings. The van der Waals surface area contributed by atoms with Crippen molar-refractivity contribution in [2.75, 3.05) is 18.5 Å². The van der Waals surface area contributed by atoms with Crippen LogP contribution in [0.4, 0.5) is 5.82 Å². The number of rotatable bonds is 6. The lowest BCUT2D eigenvalue weighted by Gasteiger charge is -2.19. The van der Waals surface area contributed by atoms with Gasteiger partial charge in [-0.2, -0.15) is 0 Å². The lowest BCUT2D eigenvalue weighted by atomic mass is 10.1. The average molecular weight is 267 g/mol. The smallest absolute Gasteiger partial charge is 0.136 e. The van der Waals surface area contributed by atoms with E-state index in [2.05, 4.69) is 54.2 Å². The van der Waals surface area contributed by atoms with E-state index < -0.39 is 0 Å². The van der Waals surface area contributed by atoms with Crippen molar-refractivity contribution in [2.24, 2.45) is 0 Å². The van der Waals surface area contributed by atoms with Crippen LogP contribution >= 0.6 is 0 Å². The Hall–Kier alpha value is -1.87. The summed E-state index contributed by atoms with van der Waals surface area (Å²) in [5.74, 6) is 1.04. The quantitative estimate of drug-likeness (QED) is 0.815. The second kappa shape index (κ2) is 5.63. The van der Waals surface area contributed by atoms with Gasteiger partial charge < -0.3 is 10.2 Å². The SMILES string of the molecule is C=CCN(C)c1nc(CNC2CC2)cc2ccccc12. The molecule has 0 unspecified atom stereocenters. The number of benzene rings is 1. The highest BCUT2D eigenvalue weighted by Crippen LogP contribution is 2.26. The number of pyridine rings is 1. The van der Waals surface area contributed by atoms with Crippen LogP contribution in [0.3, 0.4) is 0 Å². The monoisotopic (exact) mass is 267 g/mol. The standard InChI is InChI=1S/C17H21N3/c1-3-10-20(2)17-16-7-5-4-6-13(16)11-15(19-17)12-18-14-8-9-14/h3-7,11,14,18H,1,8-10,12H2,2H3. The Morgan fingerprint density at radius 2 is 2.20 bits per heavy atom. The van der Waals surface area contributed by atoms with Gasteiger partial charge in [0.1, 0.15) is 5.82 Å². The van der Waals surface area contributed by atoms with Gasteiger partial charge in [0.2, 0.25) is 0 Å². The van der Waals surface area contributed by atoms with E-state index in [1.807, 2.05) is 6.08 Å². The first-order valence-electron chi connectivity index (χ1n) is 7.22. The van der Waals surface area contributed by atoms with Gasteiger partial charge in [0.05, 0.1) is 5.69 Å². The van der Waals surface area contributed by atoms with E-state index in [1.54, 1.807) is 0 Å².